The van der Waals surface area contributed by atoms with Crippen molar-refractivity contribution >= 4 is 11.9 Å². The number of amides is 1. The number of carbonyl (C=O) groups is 1. The second kappa shape index (κ2) is 5.43. The van der Waals surface area contributed by atoms with E-state index in [4.69, 9.17) is 20.4 Å². The van der Waals surface area contributed by atoms with Crippen molar-refractivity contribution in [1.82, 2.24) is 5.32 Å². The number of nitrogens with one attached hydrogen (secondary N) is 1. The van der Waals surface area contributed by atoms with E-state index in [2.05, 4.69) is 10.5 Å². The number of amidine groups is 1. The summed E-state index contributed by atoms with van der Waals surface area (Å²) in [4.78, 5) is 11.8. The Labute approximate surface area is 106 Å². The van der Waals surface area contributed by atoms with Crippen molar-refractivity contribution in [3.05, 3.63) is 0 Å². The predicted octanol–water partition coefficient (Wildman–Crippen LogP) is 0.807. The lowest BCUT2D eigenvalue weighted by Gasteiger charge is -2.36. The average molecular weight is 259 g/mol. The van der Waals surface area contributed by atoms with Crippen LogP contribution in [0.3, 0.4) is 0 Å². The molecule has 18 heavy (non-hydrogen) atoms. The summed E-state index contributed by atoms with van der Waals surface area (Å²) in [6.07, 6.45) is 0.306. The first-order valence-electron chi connectivity index (χ1n) is 5.86. The lowest BCUT2D eigenvalue weighted by atomic mass is 9.89. The van der Waals surface area contributed by atoms with Gasteiger partial charge in [0.05, 0.1) is 0 Å². The number of ether oxygens (including phenoxy) is 2. The van der Waals surface area contributed by atoms with E-state index in [1.165, 1.54) is 0 Å². The van der Waals surface area contributed by atoms with E-state index in [0.717, 1.165) is 0 Å². The first kappa shape index (κ1) is 14.6. The zero-order chi connectivity index (χ0) is 13.8. The van der Waals surface area contributed by atoms with Gasteiger partial charge in [-0.05, 0) is 20.8 Å². The molecule has 0 spiro atoms. The van der Waals surface area contributed by atoms with Crippen LogP contribution in [-0.4, -0.2) is 41.5 Å². The molecule has 1 saturated heterocycles. The molecular weight excluding hydrogens is 238 g/mol. The highest BCUT2D eigenvalue weighted by atomic mass is 16.6. The molecule has 0 atom stereocenters. The maximum atomic E-state index is 11.8. The van der Waals surface area contributed by atoms with E-state index in [9.17, 15) is 4.79 Å². The van der Waals surface area contributed by atoms with E-state index < -0.39 is 17.2 Å². The molecule has 4 N–H and O–H groups in total. The highest BCUT2D eigenvalue weighted by Gasteiger charge is 2.39. The van der Waals surface area contributed by atoms with Gasteiger partial charge in [-0.3, -0.25) is 0 Å². The molecular formula is C11H21N3O4. The van der Waals surface area contributed by atoms with Gasteiger partial charge in [-0.25, -0.2) is 4.79 Å². The fourth-order valence-electron chi connectivity index (χ4n) is 1.76. The molecule has 7 nitrogen and oxygen atoms in total. The number of nitrogens with two attached hydrogens (primary N) is 1. The number of nitrogens with zero attached hydrogens (tertiary/aromatic N) is 1. The summed E-state index contributed by atoms with van der Waals surface area (Å²) >= 11 is 0. The molecule has 0 aromatic heterocycles. The molecule has 0 radical (unpaired) electrons. The van der Waals surface area contributed by atoms with Crippen molar-refractivity contribution < 1.29 is 19.5 Å². The molecule has 0 aliphatic carbocycles. The standard InChI is InChI=1S/C11H21N3O4/c1-10(2,3)18-9(15)13-11(8(12)14-16)4-6-17-7-5-11/h16H,4-7H2,1-3H3,(H2,12,14)(H,13,15). The molecule has 1 aliphatic heterocycles. The van der Waals surface area contributed by atoms with Crippen LogP contribution in [0.1, 0.15) is 33.6 Å². The second-order valence-electron chi connectivity index (χ2n) is 5.31. The van der Waals surface area contributed by atoms with Crippen molar-refractivity contribution in [2.45, 2.75) is 44.8 Å². The number of alkyl carbamates (subject to hydrolysis) is 1. The summed E-state index contributed by atoms with van der Waals surface area (Å²) in [5.41, 5.74) is 4.18. The summed E-state index contributed by atoms with van der Waals surface area (Å²) in [5, 5.41) is 14.5. The van der Waals surface area contributed by atoms with Crippen molar-refractivity contribution in [3.63, 3.8) is 0 Å². The van der Waals surface area contributed by atoms with E-state index in [1.807, 2.05) is 0 Å². The maximum Gasteiger partial charge on any atom is 0.408 e. The van der Waals surface area contributed by atoms with Gasteiger partial charge < -0.3 is 25.7 Å². The first-order valence-corrected chi connectivity index (χ1v) is 5.86. The Morgan fingerprint density at radius 3 is 2.44 bits per heavy atom. The molecule has 0 aromatic rings. The highest BCUT2D eigenvalue weighted by Crippen LogP contribution is 2.22. The van der Waals surface area contributed by atoms with Gasteiger partial charge in [0.15, 0.2) is 5.84 Å². The minimum absolute atomic E-state index is 0.0309. The van der Waals surface area contributed by atoms with Gasteiger partial charge in [0.25, 0.3) is 0 Å². The molecule has 1 aliphatic rings. The van der Waals surface area contributed by atoms with Crippen LogP contribution in [-0.2, 0) is 9.47 Å². The van der Waals surface area contributed by atoms with Crippen LogP contribution in [0.4, 0.5) is 4.79 Å². The van der Waals surface area contributed by atoms with E-state index in [-0.39, 0.29) is 5.84 Å². The summed E-state index contributed by atoms with van der Waals surface area (Å²) in [6, 6.07) is 0. The Bertz CT molecular complexity index is 330. The second-order valence-corrected chi connectivity index (χ2v) is 5.31. The molecule has 104 valence electrons. The third kappa shape index (κ3) is 3.76. The first-order chi connectivity index (χ1) is 8.29. The van der Waals surface area contributed by atoms with Gasteiger partial charge in [-0.2, -0.15) is 0 Å². The summed E-state index contributed by atoms with van der Waals surface area (Å²) < 4.78 is 10.4. The maximum absolute atomic E-state index is 11.8. The minimum atomic E-state index is -0.894. The third-order valence-electron chi connectivity index (χ3n) is 2.68. The molecule has 1 amide bonds. The number of hydrogen-bond donors (Lipinski definition) is 3. The SMILES string of the molecule is CC(C)(C)OC(=O)NC1(C(N)=NO)CCOCC1. The van der Waals surface area contributed by atoms with Gasteiger partial charge >= 0.3 is 6.09 Å². The van der Waals surface area contributed by atoms with Crippen LogP contribution < -0.4 is 11.1 Å². The summed E-state index contributed by atoms with van der Waals surface area (Å²) in [7, 11) is 0. The Kier molecular flexibility index (Phi) is 4.39. The summed E-state index contributed by atoms with van der Waals surface area (Å²) in [5.74, 6) is -0.0309. The van der Waals surface area contributed by atoms with Crippen molar-refractivity contribution in [1.29, 1.82) is 0 Å². The van der Waals surface area contributed by atoms with Gasteiger partial charge in [-0.15, -0.1) is 0 Å². The Balaban J connectivity index is 2.76. The molecule has 0 unspecified atom stereocenters. The van der Waals surface area contributed by atoms with Crippen LogP contribution in [0, 0.1) is 0 Å². The van der Waals surface area contributed by atoms with E-state index in [1.54, 1.807) is 20.8 Å². The van der Waals surface area contributed by atoms with Crippen molar-refractivity contribution in [3.8, 4) is 0 Å². The van der Waals surface area contributed by atoms with Gasteiger partial charge in [0, 0.05) is 26.1 Å². The molecule has 1 fully saturated rings. The van der Waals surface area contributed by atoms with Crippen LogP contribution >= 0.6 is 0 Å². The number of oxime groups is 1. The fourth-order valence-corrected chi connectivity index (χ4v) is 1.76. The zero-order valence-electron chi connectivity index (χ0n) is 11.0. The molecule has 1 heterocycles. The Hall–Kier alpha value is -1.50. The topological polar surface area (TPSA) is 106 Å². The number of carbonyl (C=O) groups excluding carboxylic acids is 1. The van der Waals surface area contributed by atoms with Gasteiger partial charge in [0.1, 0.15) is 11.1 Å². The van der Waals surface area contributed by atoms with Gasteiger partial charge in [-0.1, -0.05) is 5.16 Å². The summed E-state index contributed by atoms with van der Waals surface area (Å²) in [6.45, 7) is 6.18. The van der Waals surface area contributed by atoms with E-state index in [0.29, 0.717) is 26.1 Å². The fraction of sp³-hybridized carbons (Fsp3) is 0.818. The molecule has 0 aromatic carbocycles. The van der Waals surface area contributed by atoms with Crippen LogP contribution in [0.2, 0.25) is 0 Å². The van der Waals surface area contributed by atoms with Crippen molar-refractivity contribution in [2.75, 3.05) is 13.2 Å². The lowest BCUT2D eigenvalue weighted by molar-refractivity contribution is 0.0309. The van der Waals surface area contributed by atoms with Crippen LogP contribution in [0.15, 0.2) is 5.16 Å². The number of rotatable bonds is 2. The highest BCUT2D eigenvalue weighted by molar-refractivity contribution is 5.92. The van der Waals surface area contributed by atoms with Gasteiger partial charge in [0.2, 0.25) is 0 Å². The van der Waals surface area contributed by atoms with Crippen LogP contribution in [0.5, 0.6) is 0 Å². The zero-order valence-corrected chi connectivity index (χ0v) is 11.0. The third-order valence-corrected chi connectivity index (χ3v) is 2.68. The normalized spacial score (nSPS) is 20.3. The molecule has 0 saturated carbocycles. The Morgan fingerprint density at radius 2 is 2.00 bits per heavy atom. The number of hydrogen-bond acceptors (Lipinski definition) is 5. The molecule has 0 bridgehead atoms. The van der Waals surface area contributed by atoms with Crippen molar-refractivity contribution in [2.24, 2.45) is 10.9 Å². The Morgan fingerprint density at radius 1 is 1.44 bits per heavy atom. The van der Waals surface area contributed by atoms with Crippen LogP contribution in [0.25, 0.3) is 0 Å². The van der Waals surface area contributed by atoms with E-state index >= 15 is 0 Å². The predicted molar refractivity (Wildman–Crippen MR) is 65.6 cm³/mol. The molecule has 7 heteroatoms. The lowest BCUT2D eigenvalue weighted by Crippen LogP contribution is -2.60. The minimum Gasteiger partial charge on any atom is -0.444 e. The quantitative estimate of drug-likeness (QED) is 0.294. The average Bonchev–Trinajstić information content (AvgIpc) is 2.26. The monoisotopic (exact) mass is 259 g/mol. The smallest absolute Gasteiger partial charge is 0.408 e. The molecule has 1 rings (SSSR count). The largest absolute Gasteiger partial charge is 0.444 e.